The van der Waals surface area contributed by atoms with Crippen molar-refractivity contribution in [3.05, 3.63) is 41.0 Å². The molecule has 1 amide bonds. The van der Waals surface area contributed by atoms with Gasteiger partial charge in [-0.05, 0) is 31.4 Å². The van der Waals surface area contributed by atoms with Crippen molar-refractivity contribution in [3.63, 3.8) is 0 Å². The van der Waals surface area contributed by atoms with Gasteiger partial charge in [0.25, 0.3) is 0 Å². The highest BCUT2D eigenvalue weighted by molar-refractivity contribution is 6.41. The highest BCUT2D eigenvalue weighted by Crippen LogP contribution is 2.48. The quantitative estimate of drug-likeness (QED) is 0.345. The van der Waals surface area contributed by atoms with Crippen molar-refractivity contribution in [1.29, 1.82) is 0 Å². The van der Waals surface area contributed by atoms with Crippen LogP contribution in [0.2, 0.25) is 10.0 Å². The number of pyridine rings is 1. The van der Waals surface area contributed by atoms with Crippen molar-refractivity contribution in [2.75, 3.05) is 64.0 Å². The molecule has 228 valence electrons. The lowest BCUT2D eigenvalue weighted by Crippen LogP contribution is -2.59. The molecule has 3 aliphatic rings. The summed E-state index contributed by atoms with van der Waals surface area (Å²) in [7, 11) is 3.08. The van der Waals surface area contributed by atoms with Crippen molar-refractivity contribution >= 4 is 51.8 Å². The lowest BCUT2D eigenvalue weighted by molar-refractivity contribution is -0.117. The number of ether oxygens (including phenoxy) is 4. The van der Waals surface area contributed by atoms with Crippen molar-refractivity contribution in [3.8, 4) is 22.8 Å². The van der Waals surface area contributed by atoms with Crippen LogP contribution in [0.5, 0.6) is 11.5 Å². The highest BCUT2D eigenvalue weighted by Gasteiger charge is 2.45. The number of hydrogen-bond acceptors (Lipinski definition) is 10. The second-order valence-electron chi connectivity index (χ2n) is 11.1. The fraction of sp³-hybridized carbons (Fsp3) is 0.467. The Kier molecular flexibility index (Phi) is 8.50. The molecule has 6 rings (SSSR count). The minimum absolute atomic E-state index is 0.158. The number of benzene rings is 1. The average molecular weight is 630 g/mol. The third-order valence-electron chi connectivity index (χ3n) is 8.47. The summed E-state index contributed by atoms with van der Waals surface area (Å²) in [5.41, 5.74) is 1.95. The van der Waals surface area contributed by atoms with Crippen LogP contribution in [-0.2, 0) is 14.3 Å². The number of nitrogens with one attached hydrogen (secondary N) is 2. The largest absolute Gasteiger partial charge is 0.495 e. The summed E-state index contributed by atoms with van der Waals surface area (Å²) in [6.07, 6.45) is 5.69. The number of carbonyl (C=O) groups excluding carboxylic acids is 1. The van der Waals surface area contributed by atoms with Gasteiger partial charge in [0.05, 0.1) is 48.6 Å². The van der Waals surface area contributed by atoms with Gasteiger partial charge in [-0.15, -0.1) is 0 Å². The zero-order valence-electron chi connectivity index (χ0n) is 24.1. The van der Waals surface area contributed by atoms with Gasteiger partial charge in [0.15, 0.2) is 5.82 Å². The number of methoxy groups -OCH3 is 2. The van der Waals surface area contributed by atoms with Crippen LogP contribution in [0.15, 0.2) is 31.0 Å². The number of halogens is 2. The van der Waals surface area contributed by atoms with Gasteiger partial charge in [0.1, 0.15) is 17.0 Å². The van der Waals surface area contributed by atoms with E-state index in [-0.39, 0.29) is 23.4 Å². The lowest BCUT2D eigenvalue weighted by atomic mass is 9.73. The number of rotatable bonds is 8. The first kappa shape index (κ1) is 29.7. The van der Waals surface area contributed by atoms with Crippen LogP contribution in [0.4, 0.5) is 11.8 Å². The van der Waals surface area contributed by atoms with Crippen LogP contribution >= 0.6 is 23.2 Å². The monoisotopic (exact) mass is 628 g/mol. The Hall–Kier alpha value is -3.38. The van der Waals surface area contributed by atoms with E-state index in [0.717, 1.165) is 44.5 Å². The zero-order chi connectivity index (χ0) is 30.1. The SMILES string of the molecule is C=CC(=O)N[C@H]1CCOC[C@H]1Nc1ncc2cc(-c3c(Cl)c(OC)cc(OC)c3Cl)nc(N3CC4(CCOCC4)C3)c2n1. The molecule has 2 aromatic heterocycles. The molecule has 2 N–H and O–H groups in total. The second kappa shape index (κ2) is 12.3. The van der Waals surface area contributed by atoms with Gasteiger partial charge in [0.2, 0.25) is 11.9 Å². The first-order valence-corrected chi connectivity index (χ1v) is 15.0. The number of carbonyl (C=O) groups is 1. The molecular weight excluding hydrogens is 595 g/mol. The van der Waals surface area contributed by atoms with Crippen LogP contribution in [0, 0.1) is 5.41 Å². The molecule has 11 nitrogen and oxygen atoms in total. The summed E-state index contributed by atoms with van der Waals surface area (Å²) in [5.74, 6) is 1.74. The third-order valence-corrected chi connectivity index (χ3v) is 9.22. The maximum Gasteiger partial charge on any atom is 0.243 e. The molecule has 0 aliphatic carbocycles. The maximum atomic E-state index is 12.0. The normalized spacial score (nSPS) is 21.3. The molecule has 2 atom stereocenters. The minimum Gasteiger partial charge on any atom is -0.495 e. The van der Waals surface area contributed by atoms with Crippen LogP contribution in [-0.4, -0.2) is 86.7 Å². The second-order valence-corrected chi connectivity index (χ2v) is 11.9. The molecule has 0 saturated carbocycles. The number of nitrogens with zero attached hydrogens (tertiary/aromatic N) is 4. The Morgan fingerprint density at radius 1 is 1.07 bits per heavy atom. The third kappa shape index (κ3) is 5.78. The molecule has 43 heavy (non-hydrogen) atoms. The van der Waals surface area contributed by atoms with Gasteiger partial charge in [-0.3, -0.25) is 4.79 Å². The zero-order valence-corrected chi connectivity index (χ0v) is 25.6. The van der Waals surface area contributed by atoms with E-state index in [1.54, 1.807) is 12.3 Å². The molecule has 1 spiro atoms. The van der Waals surface area contributed by atoms with Crippen molar-refractivity contribution in [1.82, 2.24) is 20.3 Å². The van der Waals surface area contributed by atoms with Crippen LogP contribution < -0.4 is 25.0 Å². The molecule has 0 radical (unpaired) electrons. The summed E-state index contributed by atoms with van der Waals surface area (Å²) in [5, 5.41) is 7.79. The van der Waals surface area contributed by atoms with Gasteiger partial charge in [-0.1, -0.05) is 29.8 Å². The Bertz CT molecular complexity index is 1510. The molecule has 3 aromatic rings. The molecule has 13 heteroatoms. The minimum atomic E-state index is -0.233. The summed E-state index contributed by atoms with van der Waals surface area (Å²) >= 11 is 13.6. The molecule has 0 unspecified atom stereocenters. The molecule has 3 aliphatic heterocycles. The van der Waals surface area contributed by atoms with Gasteiger partial charge in [-0.25, -0.2) is 15.0 Å². The van der Waals surface area contributed by atoms with E-state index in [9.17, 15) is 4.79 Å². The van der Waals surface area contributed by atoms with Crippen LogP contribution in [0.25, 0.3) is 22.2 Å². The van der Waals surface area contributed by atoms with Gasteiger partial charge in [0, 0.05) is 61.5 Å². The van der Waals surface area contributed by atoms with Crippen molar-refractivity contribution in [2.24, 2.45) is 5.41 Å². The van der Waals surface area contributed by atoms with Gasteiger partial charge in [-0.2, -0.15) is 0 Å². The summed E-state index contributed by atoms with van der Waals surface area (Å²) in [6, 6.07) is 3.15. The van der Waals surface area contributed by atoms with E-state index in [4.69, 9.17) is 52.1 Å². The lowest BCUT2D eigenvalue weighted by Gasteiger charge is -2.52. The predicted molar refractivity (Wildman–Crippen MR) is 166 cm³/mol. The van der Waals surface area contributed by atoms with Gasteiger partial charge >= 0.3 is 0 Å². The number of fused-ring (bicyclic) bond motifs is 1. The van der Waals surface area contributed by atoms with Crippen LogP contribution in [0.3, 0.4) is 0 Å². The number of amides is 1. The summed E-state index contributed by atoms with van der Waals surface area (Å²) in [6.45, 7) is 7.72. The number of hydrogen-bond donors (Lipinski definition) is 2. The highest BCUT2D eigenvalue weighted by atomic mass is 35.5. The number of aromatic nitrogens is 3. The standard InChI is InChI=1S/C30H34Cl2N6O5/c1-4-23(39)34-18-5-8-43-14-20(18)36-29-33-13-17-11-19(24-25(31)21(40-2)12-22(41-3)26(24)32)35-28(27(17)37-29)38-15-30(16-38)6-9-42-10-7-30/h4,11-13,18,20H,1,5-10,14-16H2,2-3H3,(H,34,39)(H,33,36,37)/t18-,20+/m0/s1. The summed E-state index contributed by atoms with van der Waals surface area (Å²) < 4.78 is 22.3. The number of anilines is 2. The first-order chi connectivity index (χ1) is 20.8. The fourth-order valence-corrected chi connectivity index (χ4v) is 6.74. The Balaban J connectivity index is 1.41. The first-order valence-electron chi connectivity index (χ1n) is 14.2. The topological polar surface area (TPSA) is 120 Å². The smallest absolute Gasteiger partial charge is 0.243 e. The molecule has 1 aromatic carbocycles. The van der Waals surface area contributed by atoms with Crippen LogP contribution in [0.1, 0.15) is 19.3 Å². The van der Waals surface area contributed by atoms with Crippen molar-refractivity contribution < 1.29 is 23.7 Å². The van der Waals surface area contributed by atoms with E-state index in [0.29, 0.717) is 69.7 Å². The predicted octanol–water partition coefficient (Wildman–Crippen LogP) is 4.50. The van der Waals surface area contributed by atoms with Gasteiger partial charge < -0.3 is 34.5 Å². The molecular formula is C30H34Cl2N6O5. The Morgan fingerprint density at radius 2 is 1.79 bits per heavy atom. The summed E-state index contributed by atoms with van der Waals surface area (Å²) in [4.78, 5) is 28.9. The Labute approximate surface area is 259 Å². The maximum absolute atomic E-state index is 12.0. The molecule has 3 saturated heterocycles. The van der Waals surface area contributed by atoms with Crippen molar-refractivity contribution in [2.45, 2.75) is 31.3 Å². The van der Waals surface area contributed by atoms with E-state index in [1.807, 2.05) is 6.07 Å². The fourth-order valence-electron chi connectivity index (χ4n) is 6.05. The Morgan fingerprint density at radius 3 is 2.47 bits per heavy atom. The molecule has 3 fully saturated rings. The molecule has 0 bridgehead atoms. The van der Waals surface area contributed by atoms with E-state index in [2.05, 4.69) is 27.1 Å². The van der Waals surface area contributed by atoms with E-state index in [1.165, 1.54) is 20.3 Å². The van der Waals surface area contributed by atoms with E-state index >= 15 is 0 Å². The average Bonchev–Trinajstić information content (AvgIpc) is 3.01. The molecule has 5 heterocycles. The van der Waals surface area contributed by atoms with E-state index < -0.39 is 0 Å².